The largest absolute Gasteiger partial charge is 0.305 e. The van der Waals surface area contributed by atoms with Gasteiger partial charge in [-0.05, 0) is 27.4 Å². The lowest BCUT2D eigenvalue weighted by molar-refractivity contribution is 0.696. The van der Waals surface area contributed by atoms with Crippen LogP contribution in [0.25, 0.3) is 0 Å². The molecule has 0 fully saturated rings. The zero-order valence-corrected chi connectivity index (χ0v) is 11.6. The van der Waals surface area contributed by atoms with E-state index in [1.807, 2.05) is 0 Å². The number of thiazole rings is 1. The van der Waals surface area contributed by atoms with Crippen molar-refractivity contribution in [3.05, 3.63) is 36.3 Å². The van der Waals surface area contributed by atoms with Crippen LogP contribution in [0, 0.1) is 0 Å². The fourth-order valence-corrected chi connectivity index (χ4v) is 3.49. The van der Waals surface area contributed by atoms with Gasteiger partial charge in [0.25, 0.3) is 0 Å². The van der Waals surface area contributed by atoms with Crippen LogP contribution in [0.2, 0.25) is 4.34 Å². The SMILES string of the molecule is Clc1cnc(CNCc2sccc2Br)s1. The minimum absolute atomic E-state index is 0.740. The van der Waals surface area contributed by atoms with Crippen LogP contribution in [0.5, 0.6) is 0 Å². The van der Waals surface area contributed by atoms with E-state index < -0.39 is 0 Å². The summed E-state index contributed by atoms with van der Waals surface area (Å²) in [5.41, 5.74) is 0. The highest BCUT2D eigenvalue weighted by atomic mass is 79.9. The van der Waals surface area contributed by atoms with Crippen molar-refractivity contribution in [2.75, 3.05) is 0 Å². The van der Waals surface area contributed by atoms with Crippen LogP contribution in [0.1, 0.15) is 9.88 Å². The first kappa shape index (κ1) is 11.5. The van der Waals surface area contributed by atoms with E-state index >= 15 is 0 Å². The molecule has 15 heavy (non-hydrogen) atoms. The molecule has 6 heteroatoms. The van der Waals surface area contributed by atoms with Crippen molar-refractivity contribution in [3.63, 3.8) is 0 Å². The summed E-state index contributed by atoms with van der Waals surface area (Å²) in [6.07, 6.45) is 1.68. The summed E-state index contributed by atoms with van der Waals surface area (Å²) in [7, 11) is 0. The van der Waals surface area contributed by atoms with Crippen LogP contribution < -0.4 is 5.32 Å². The van der Waals surface area contributed by atoms with E-state index in [0.29, 0.717) is 0 Å². The average Bonchev–Trinajstić information content (AvgIpc) is 2.77. The van der Waals surface area contributed by atoms with Crippen molar-refractivity contribution in [1.29, 1.82) is 0 Å². The van der Waals surface area contributed by atoms with Crippen LogP contribution in [-0.4, -0.2) is 4.98 Å². The molecule has 80 valence electrons. The number of rotatable bonds is 4. The average molecular weight is 324 g/mol. The summed E-state index contributed by atoms with van der Waals surface area (Å²) in [6, 6.07) is 2.06. The molecule has 2 rings (SSSR count). The van der Waals surface area contributed by atoms with E-state index in [1.54, 1.807) is 17.5 Å². The molecule has 0 aliphatic rings. The second-order valence-corrected chi connectivity index (χ2v) is 6.45. The first-order chi connectivity index (χ1) is 7.25. The number of aromatic nitrogens is 1. The van der Waals surface area contributed by atoms with Crippen LogP contribution >= 0.6 is 50.2 Å². The molecule has 0 aromatic carbocycles. The van der Waals surface area contributed by atoms with Gasteiger partial charge in [-0.1, -0.05) is 11.6 Å². The summed E-state index contributed by atoms with van der Waals surface area (Å²) in [4.78, 5) is 5.48. The maximum atomic E-state index is 5.79. The normalized spacial score (nSPS) is 10.8. The molecule has 2 heterocycles. The number of halogens is 2. The van der Waals surface area contributed by atoms with Crippen molar-refractivity contribution in [2.45, 2.75) is 13.1 Å². The van der Waals surface area contributed by atoms with E-state index in [-0.39, 0.29) is 0 Å². The predicted octanol–water partition coefficient (Wildman–Crippen LogP) is 3.91. The molecule has 0 amide bonds. The Hall–Kier alpha value is 0.0600. The molecule has 0 radical (unpaired) electrons. The fourth-order valence-electron chi connectivity index (χ4n) is 1.10. The lowest BCUT2D eigenvalue weighted by Crippen LogP contribution is -2.11. The van der Waals surface area contributed by atoms with Gasteiger partial charge in [0.05, 0.1) is 6.20 Å². The Bertz CT molecular complexity index is 441. The Morgan fingerprint density at radius 2 is 2.33 bits per heavy atom. The van der Waals surface area contributed by atoms with Gasteiger partial charge in [0.15, 0.2) is 0 Å². The van der Waals surface area contributed by atoms with E-state index in [0.717, 1.165) is 26.9 Å². The Balaban J connectivity index is 1.83. The standard InChI is InChI=1S/C9H8BrClN2S2/c10-6-1-2-14-7(6)3-12-5-9-13-4-8(11)15-9/h1-2,4,12H,3,5H2. The predicted molar refractivity (Wildman–Crippen MR) is 69.7 cm³/mol. The lowest BCUT2D eigenvalue weighted by Gasteiger charge is -2.00. The number of hydrogen-bond donors (Lipinski definition) is 1. The first-order valence-electron chi connectivity index (χ1n) is 4.28. The van der Waals surface area contributed by atoms with Crippen LogP contribution in [0.3, 0.4) is 0 Å². The van der Waals surface area contributed by atoms with Crippen LogP contribution in [-0.2, 0) is 13.1 Å². The number of thiophene rings is 1. The van der Waals surface area contributed by atoms with Gasteiger partial charge < -0.3 is 5.32 Å². The molecule has 0 atom stereocenters. The molecule has 0 bridgehead atoms. The van der Waals surface area contributed by atoms with Crippen molar-refractivity contribution in [3.8, 4) is 0 Å². The summed E-state index contributed by atoms with van der Waals surface area (Å²) in [5.74, 6) is 0. The van der Waals surface area contributed by atoms with E-state index in [4.69, 9.17) is 11.6 Å². The lowest BCUT2D eigenvalue weighted by atomic mass is 10.4. The van der Waals surface area contributed by atoms with Gasteiger partial charge in [-0.15, -0.1) is 22.7 Å². The molecule has 0 aliphatic carbocycles. The Labute approximate surface area is 109 Å². The highest BCUT2D eigenvalue weighted by Gasteiger charge is 2.02. The van der Waals surface area contributed by atoms with Gasteiger partial charge in [0, 0.05) is 22.4 Å². The fraction of sp³-hybridized carbons (Fsp3) is 0.222. The van der Waals surface area contributed by atoms with Gasteiger partial charge >= 0.3 is 0 Å². The maximum Gasteiger partial charge on any atom is 0.113 e. The molecular weight excluding hydrogens is 316 g/mol. The number of hydrogen-bond acceptors (Lipinski definition) is 4. The Morgan fingerprint density at radius 1 is 1.47 bits per heavy atom. The van der Waals surface area contributed by atoms with Crippen LogP contribution in [0.15, 0.2) is 22.1 Å². The smallest absolute Gasteiger partial charge is 0.113 e. The number of nitrogens with one attached hydrogen (secondary N) is 1. The molecule has 0 saturated heterocycles. The van der Waals surface area contributed by atoms with Gasteiger partial charge in [0.2, 0.25) is 0 Å². The van der Waals surface area contributed by atoms with E-state index in [1.165, 1.54) is 16.2 Å². The molecule has 1 N–H and O–H groups in total. The van der Waals surface area contributed by atoms with E-state index in [2.05, 4.69) is 37.7 Å². The summed E-state index contributed by atoms with van der Waals surface area (Å²) >= 11 is 12.5. The molecular formula is C9H8BrClN2S2. The molecule has 0 spiro atoms. The summed E-state index contributed by atoms with van der Waals surface area (Å²) < 4.78 is 1.90. The van der Waals surface area contributed by atoms with Crippen molar-refractivity contribution in [2.24, 2.45) is 0 Å². The number of nitrogens with zero attached hydrogens (tertiary/aromatic N) is 1. The van der Waals surface area contributed by atoms with Gasteiger partial charge in [0.1, 0.15) is 9.34 Å². The quantitative estimate of drug-likeness (QED) is 0.922. The Morgan fingerprint density at radius 3 is 2.93 bits per heavy atom. The van der Waals surface area contributed by atoms with Crippen molar-refractivity contribution < 1.29 is 0 Å². The second kappa shape index (κ2) is 5.41. The minimum atomic E-state index is 0.740. The molecule has 2 nitrogen and oxygen atoms in total. The highest BCUT2D eigenvalue weighted by Crippen LogP contribution is 2.22. The molecule has 2 aromatic heterocycles. The summed E-state index contributed by atoms with van der Waals surface area (Å²) in [6.45, 7) is 1.62. The molecule has 0 aliphatic heterocycles. The van der Waals surface area contributed by atoms with Crippen LogP contribution in [0.4, 0.5) is 0 Å². The van der Waals surface area contributed by atoms with Gasteiger partial charge in [-0.3, -0.25) is 0 Å². The minimum Gasteiger partial charge on any atom is -0.305 e. The van der Waals surface area contributed by atoms with Crippen molar-refractivity contribution in [1.82, 2.24) is 10.3 Å². The zero-order chi connectivity index (χ0) is 10.7. The van der Waals surface area contributed by atoms with Crippen molar-refractivity contribution >= 4 is 50.2 Å². The maximum absolute atomic E-state index is 5.79. The van der Waals surface area contributed by atoms with E-state index in [9.17, 15) is 0 Å². The molecule has 2 aromatic rings. The zero-order valence-electron chi connectivity index (χ0n) is 7.67. The summed E-state index contributed by atoms with van der Waals surface area (Å²) in [5, 5.41) is 6.42. The first-order valence-corrected chi connectivity index (χ1v) is 7.15. The third kappa shape index (κ3) is 3.26. The Kier molecular flexibility index (Phi) is 4.16. The van der Waals surface area contributed by atoms with Gasteiger partial charge in [-0.2, -0.15) is 0 Å². The third-order valence-corrected chi connectivity index (χ3v) is 4.82. The highest BCUT2D eigenvalue weighted by molar-refractivity contribution is 9.10. The van der Waals surface area contributed by atoms with Gasteiger partial charge in [-0.25, -0.2) is 4.98 Å². The second-order valence-electron chi connectivity index (χ2n) is 2.85. The topological polar surface area (TPSA) is 24.9 Å². The molecule has 0 unspecified atom stereocenters. The molecule has 0 saturated carbocycles. The third-order valence-electron chi connectivity index (χ3n) is 1.78. The monoisotopic (exact) mass is 322 g/mol.